The van der Waals surface area contributed by atoms with Crippen LogP contribution < -0.4 is 10.4 Å². The highest BCUT2D eigenvalue weighted by molar-refractivity contribution is 5.81. The van der Waals surface area contributed by atoms with E-state index in [0.717, 1.165) is 0 Å². The highest BCUT2D eigenvalue weighted by atomic mass is 16.4. The second-order valence-corrected chi connectivity index (χ2v) is 2.88. The van der Waals surface area contributed by atoms with E-state index in [0.29, 0.717) is 6.42 Å². The van der Waals surface area contributed by atoms with Crippen molar-refractivity contribution in [2.45, 2.75) is 33.2 Å². The summed E-state index contributed by atoms with van der Waals surface area (Å²) >= 11 is 0. The van der Waals surface area contributed by atoms with Gasteiger partial charge in [0.25, 0.3) is 0 Å². The molecule has 0 bridgehead atoms. The third-order valence-electron chi connectivity index (χ3n) is 1.83. The fourth-order valence-corrected chi connectivity index (χ4v) is 0.888. The normalized spacial score (nSPS) is 14.9. The molecule has 0 saturated carbocycles. The molecule has 0 saturated heterocycles. The van der Waals surface area contributed by atoms with Crippen LogP contribution in [0.3, 0.4) is 0 Å². The van der Waals surface area contributed by atoms with Gasteiger partial charge in [0.2, 0.25) is 5.91 Å². The van der Waals surface area contributed by atoms with Crippen LogP contribution in [-0.2, 0) is 9.59 Å². The fourth-order valence-electron chi connectivity index (χ4n) is 0.888. The average Bonchev–Trinajstić information content (AvgIpc) is 1.98. The van der Waals surface area contributed by atoms with Gasteiger partial charge in [-0.1, -0.05) is 20.3 Å². The largest absolute Gasteiger partial charge is 0.548 e. The van der Waals surface area contributed by atoms with Crippen molar-refractivity contribution in [3.63, 3.8) is 0 Å². The Morgan fingerprint density at radius 3 is 2.25 bits per heavy atom. The Bertz CT molecular complexity index is 179. The third kappa shape index (κ3) is 3.37. The van der Waals surface area contributed by atoms with Crippen LogP contribution in [0, 0.1) is 5.92 Å². The summed E-state index contributed by atoms with van der Waals surface area (Å²) in [5.41, 5.74) is 0. The molecule has 0 radical (unpaired) electrons. The second-order valence-electron chi connectivity index (χ2n) is 2.88. The summed E-state index contributed by atoms with van der Waals surface area (Å²) in [5, 5.41) is 12.8. The zero-order chi connectivity index (χ0) is 9.72. The molecule has 0 aliphatic heterocycles. The maximum atomic E-state index is 10.6. The predicted molar refractivity (Wildman–Crippen MR) is 42.1 cm³/mol. The van der Waals surface area contributed by atoms with Crippen molar-refractivity contribution in [1.29, 1.82) is 0 Å². The van der Waals surface area contributed by atoms with E-state index in [1.807, 2.05) is 6.92 Å². The zero-order valence-corrected chi connectivity index (χ0v) is 7.59. The first kappa shape index (κ1) is 10.9. The molecule has 2 atom stereocenters. The second kappa shape index (κ2) is 4.74. The minimum Gasteiger partial charge on any atom is -0.548 e. The third-order valence-corrected chi connectivity index (χ3v) is 1.83. The predicted octanol–water partition coefficient (Wildman–Crippen LogP) is -0.713. The van der Waals surface area contributed by atoms with E-state index < -0.39 is 12.0 Å². The maximum absolute atomic E-state index is 10.6. The molecule has 1 amide bonds. The number of nitrogens with one attached hydrogen (secondary N) is 1. The molecule has 0 heterocycles. The fraction of sp³-hybridized carbons (Fsp3) is 0.750. The van der Waals surface area contributed by atoms with Gasteiger partial charge in [0.1, 0.15) is 0 Å². The summed E-state index contributed by atoms with van der Waals surface area (Å²) in [7, 11) is 0. The van der Waals surface area contributed by atoms with Crippen molar-refractivity contribution in [3.8, 4) is 0 Å². The van der Waals surface area contributed by atoms with Crippen LogP contribution in [-0.4, -0.2) is 17.9 Å². The molecular formula is C8H14NO3-. The highest BCUT2D eigenvalue weighted by Crippen LogP contribution is 2.06. The van der Waals surface area contributed by atoms with Gasteiger partial charge in [-0.2, -0.15) is 0 Å². The molecule has 4 heteroatoms. The first-order chi connectivity index (χ1) is 5.49. The molecule has 12 heavy (non-hydrogen) atoms. The van der Waals surface area contributed by atoms with Gasteiger partial charge in [0.05, 0.1) is 12.0 Å². The summed E-state index contributed by atoms with van der Waals surface area (Å²) in [5.74, 6) is -1.66. The van der Waals surface area contributed by atoms with Crippen molar-refractivity contribution in [2.24, 2.45) is 5.92 Å². The minimum atomic E-state index is -1.22. The molecule has 70 valence electrons. The number of amides is 1. The number of carbonyl (C=O) groups excluding carboxylic acids is 2. The van der Waals surface area contributed by atoms with Gasteiger partial charge in [0.15, 0.2) is 0 Å². The van der Waals surface area contributed by atoms with Crippen LogP contribution in [0.4, 0.5) is 0 Å². The Morgan fingerprint density at radius 2 is 2.00 bits per heavy atom. The number of hydrogen-bond acceptors (Lipinski definition) is 3. The van der Waals surface area contributed by atoms with E-state index in [4.69, 9.17) is 0 Å². The van der Waals surface area contributed by atoms with E-state index >= 15 is 0 Å². The van der Waals surface area contributed by atoms with Crippen LogP contribution in [0.1, 0.15) is 27.2 Å². The summed E-state index contributed by atoms with van der Waals surface area (Å²) in [4.78, 5) is 21.1. The Hall–Kier alpha value is -1.06. The van der Waals surface area contributed by atoms with Crippen molar-refractivity contribution in [3.05, 3.63) is 0 Å². The number of carboxylic acid groups (broad SMARTS) is 1. The molecule has 0 aromatic carbocycles. The van der Waals surface area contributed by atoms with Crippen molar-refractivity contribution in [1.82, 2.24) is 5.32 Å². The Kier molecular flexibility index (Phi) is 4.33. The van der Waals surface area contributed by atoms with Gasteiger partial charge in [0, 0.05) is 6.92 Å². The van der Waals surface area contributed by atoms with Gasteiger partial charge in [-0.3, -0.25) is 4.79 Å². The molecule has 0 spiro atoms. The lowest BCUT2D eigenvalue weighted by Crippen LogP contribution is -2.50. The summed E-state index contributed by atoms with van der Waals surface area (Å²) in [6.07, 6.45) is 0.693. The van der Waals surface area contributed by atoms with Crippen molar-refractivity contribution >= 4 is 11.9 Å². The first-order valence-electron chi connectivity index (χ1n) is 3.97. The van der Waals surface area contributed by atoms with Crippen molar-refractivity contribution < 1.29 is 14.7 Å². The van der Waals surface area contributed by atoms with Crippen LogP contribution in [0.2, 0.25) is 0 Å². The molecule has 0 fully saturated rings. The van der Waals surface area contributed by atoms with E-state index in [1.54, 1.807) is 6.92 Å². The van der Waals surface area contributed by atoms with Crippen LogP contribution in [0.5, 0.6) is 0 Å². The van der Waals surface area contributed by atoms with Gasteiger partial charge in [-0.15, -0.1) is 0 Å². The molecule has 0 aliphatic carbocycles. The summed E-state index contributed by atoms with van der Waals surface area (Å²) < 4.78 is 0. The quantitative estimate of drug-likeness (QED) is 0.609. The first-order valence-corrected chi connectivity index (χ1v) is 3.97. The maximum Gasteiger partial charge on any atom is 0.217 e. The number of aliphatic carboxylic acids is 1. The van der Waals surface area contributed by atoms with Crippen molar-refractivity contribution in [2.75, 3.05) is 0 Å². The van der Waals surface area contributed by atoms with Gasteiger partial charge >= 0.3 is 0 Å². The zero-order valence-electron chi connectivity index (χ0n) is 7.59. The van der Waals surface area contributed by atoms with Crippen LogP contribution >= 0.6 is 0 Å². The summed E-state index contributed by atoms with van der Waals surface area (Å²) in [6.45, 7) is 4.91. The van der Waals surface area contributed by atoms with E-state index in [-0.39, 0.29) is 11.8 Å². The number of hydrogen-bond donors (Lipinski definition) is 1. The van der Waals surface area contributed by atoms with Crippen LogP contribution in [0.15, 0.2) is 0 Å². The molecule has 0 unspecified atom stereocenters. The van der Waals surface area contributed by atoms with E-state index in [9.17, 15) is 14.7 Å². The Morgan fingerprint density at radius 1 is 1.50 bits per heavy atom. The van der Waals surface area contributed by atoms with Gasteiger partial charge in [-0.05, 0) is 5.92 Å². The molecule has 0 aromatic heterocycles. The average molecular weight is 172 g/mol. The monoisotopic (exact) mass is 172 g/mol. The van der Waals surface area contributed by atoms with Crippen LogP contribution in [0.25, 0.3) is 0 Å². The number of rotatable bonds is 4. The number of carbonyl (C=O) groups is 2. The Labute approximate surface area is 72.0 Å². The molecule has 0 aromatic rings. The topological polar surface area (TPSA) is 69.2 Å². The number of carboxylic acids is 1. The van der Waals surface area contributed by atoms with Gasteiger partial charge in [-0.25, -0.2) is 0 Å². The Balaban J connectivity index is 4.22. The smallest absolute Gasteiger partial charge is 0.217 e. The standard InChI is InChI=1S/C8H15NO3/c1-4-5(2)7(8(11)12)9-6(3)10/h5,7H,4H2,1-3H3,(H,9,10)(H,11,12)/p-1/t5-,7+/m1/s1. The lowest BCUT2D eigenvalue weighted by molar-refractivity contribution is -0.309. The lowest BCUT2D eigenvalue weighted by atomic mass is 9.99. The van der Waals surface area contributed by atoms with E-state index in [2.05, 4.69) is 5.32 Å². The van der Waals surface area contributed by atoms with Gasteiger partial charge < -0.3 is 15.2 Å². The summed E-state index contributed by atoms with van der Waals surface area (Å²) in [6, 6.07) is -0.868. The molecule has 0 aliphatic rings. The molecule has 0 rings (SSSR count). The van der Waals surface area contributed by atoms with E-state index in [1.165, 1.54) is 6.92 Å². The SMILES string of the molecule is CC[C@@H](C)[C@H](NC(C)=O)C(=O)[O-]. The minimum absolute atomic E-state index is 0.0982. The highest BCUT2D eigenvalue weighted by Gasteiger charge is 2.17. The molecule has 4 nitrogen and oxygen atoms in total. The molecule has 1 N–H and O–H groups in total. The molecular weight excluding hydrogens is 158 g/mol. The lowest BCUT2D eigenvalue weighted by Gasteiger charge is -2.24.